The van der Waals surface area contributed by atoms with Crippen molar-refractivity contribution in [3.8, 4) is 0 Å². The monoisotopic (exact) mass is 349 g/mol. The van der Waals surface area contributed by atoms with Gasteiger partial charge in [-0.15, -0.1) is 11.8 Å². The number of rotatable bonds is 6. The van der Waals surface area contributed by atoms with E-state index in [1.807, 2.05) is 6.20 Å². The van der Waals surface area contributed by atoms with Gasteiger partial charge in [0.15, 0.2) is 0 Å². The maximum Gasteiger partial charge on any atom is 0.234 e. The number of anilines is 1. The smallest absolute Gasteiger partial charge is 0.234 e. The van der Waals surface area contributed by atoms with E-state index in [9.17, 15) is 9.18 Å². The summed E-state index contributed by atoms with van der Waals surface area (Å²) in [6.07, 6.45) is 7.03. The Bertz CT molecular complexity index is 669. The second-order valence-electron chi connectivity index (χ2n) is 5.73. The molecule has 2 aromatic rings. The highest BCUT2D eigenvalue weighted by Gasteiger charge is 2.15. The molecule has 1 aromatic carbocycles. The largest absolute Gasteiger partial charge is 0.376 e. The van der Waals surface area contributed by atoms with Gasteiger partial charge >= 0.3 is 0 Å². The van der Waals surface area contributed by atoms with Crippen molar-refractivity contribution in [3.63, 3.8) is 0 Å². The van der Waals surface area contributed by atoms with Crippen LogP contribution in [0.3, 0.4) is 0 Å². The fraction of sp³-hybridized carbons (Fsp3) is 0.412. The third-order valence-corrected chi connectivity index (χ3v) is 4.78. The second-order valence-corrected chi connectivity index (χ2v) is 6.78. The first-order valence-corrected chi connectivity index (χ1v) is 9.00. The maximum atomic E-state index is 12.8. The van der Waals surface area contributed by atoms with Gasteiger partial charge in [-0.2, -0.15) is 5.10 Å². The van der Waals surface area contributed by atoms with Crippen LogP contribution in [0.5, 0.6) is 0 Å². The Hall–Kier alpha value is -1.86. The lowest BCUT2D eigenvalue weighted by atomic mass is 10.1. The van der Waals surface area contributed by atoms with E-state index in [0.29, 0.717) is 12.2 Å². The number of carbonyl (C=O) groups is 1. The Kier molecular flexibility index (Phi) is 5.87. The van der Waals surface area contributed by atoms with Crippen LogP contribution in [0.4, 0.5) is 10.1 Å². The minimum absolute atomic E-state index is 0.113. The zero-order chi connectivity index (χ0) is 16.8. The number of hydrogen-bond donors (Lipinski definition) is 1. The summed E-state index contributed by atoms with van der Waals surface area (Å²) in [5.74, 6) is -0.126. The summed E-state index contributed by atoms with van der Waals surface area (Å²) in [5, 5.41) is 7.09. The molecule has 0 bridgehead atoms. The third-order valence-electron chi connectivity index (χ3n) is 3.77. The fourth-order valence-electron chi connectivity index (χ4n) is 2.56. The van der Waals surface area contributed by atoms with Crippen molar-refractivity contribution in [1.82, 2.24) is 9.78 Å². The summed E-state index contributed by atoms with van der Waals surface area (Å²) in [6, 6.07) is 6.10. The summed E-state index contributed by atoms with van der Waals surface area (Å²) in [7, 11) is 0. The standard InChI is InChI=1S/C17H20FN3O2S/c18-13-4-6-16(7-5-13)24-12-17(22)20-14-9-19-21(10-14)11-15-3-1-2-8-23-15/h4-7,9-10,15H,1-3,8,11-12H2,(H,20,22)/t15-/m1/s1. The minimum atomic E-state index is -0.279. The van der Waals surface area contributed by atoms with Crippen LogP contribution in [0.2, 0.25) is 0 Å². The van der Waals surface area contributed by atoms with E-state index < -0.39 is 0 Å². The topological polar surface area (TPSA) is 56.2 Å². The lowest BCUT2D eigenvalue weighted by molar-refractivity contribution is -0.113. The fourth-order valence-corrected chi connectivity index (χ4v) is 3.26. The highest BCUT2D eigenvalue weighted by molar-refractivity contribution is 8.00. The first kappa shape index (κ1) is 17.0. The Labute approximate surface area is 144 Å². The number of halogens is 1. The van der Waals surface area contributed by atoms with Crippen LogP contribution in [0.1, 0.15) is 19.3 Å². The molecule has 1 N–H and O–H groups in total. The molecule has 2 heterocycles. The van der Waals surface area contributed by atoms with Gasteiger partial charge in [0.2, 0.25) is 5.91 Å². The maximum absolute atomic E-state index is 12.8. The van der Waals surface area contributed by atoms with Crippen molar-refractivity contribution in [1.29, 1.82) is 0 Å². The van der Waals surface area contributed by atoms with E-state index in [-0.39, 0.29) is 23.6 Å². The van der Waals surface area contributed by atoms with Gasteiger partial charge in [0.25, 0.3) is 0 Å². The molecule has 128 valence electrons. The Morgan fingerprint density at radius 3 is 2.96 bits per heavy atom. The summed E-state index contributed by atoms with van der Waals surface area (Å²) in [5.41, 5.74) is 0.676. The molecule has 7 heteroatoms. The van der Waals surface area contributed by atoms with Gasteiger partial charge in [-0.3, -0.25) is 9.48 Å². The molecule has 3 rings (SSSR count). The molecule has 24 heavy (non-hydrogen) atoms. The van der Waals surface area contributed by atoms with Crippen LogP contribution in [0.25, 0.3) is 0 Å². The van der Waals surface area contributed by atoms with Crippen LogP contribution in [-0.2, 0) is 16.1 Å². The van der Waals surface area contributed by atoms with Crippen molar-refractivity contribution in [2.45, 2.75) is 36.8 Å². The van der Waals surface area contributed by atoms with Gasteiger partial charge in [0.05, 0.1) is 30.3 Å². The number of amides is 1. The molecule has 1 fully saturated rings. The van der Waals surface area contributed by atoms with Crippen molar-refractivity contribution in [2.24, 2.45) is 0 Å². The van der Waals surface area contributed by atoms with Crippen molar-refractivity contribution < 1.29 is 13.9 Å². The predicted molar refractivity (Wildman–Crippen MR) is 91.6 cm³/mol. The lowest BCUT2D eigenvalue weighted by Gasteiger charge is -2.22. The molecular formula is C17H20FN3O2S. The average Bonchev–Trinajstić information content (AvgIpc) is 3.02. The van der Waals surface area contributed by atoms with E-state index in [1.165, 1.54) is 30.3 Å². The quantitative estimate of drug-likeness (QED) is 0.813. The zero-order valence-electron chi connectivity index (χ0n) is 13.3. The number of hydrogen-bond acceptors (Lipinski definition) is 4. The van der Waals surface area contributed by atoms with E-state index in [4.69, 9.17) is 4.74 Å². The summed E-state index contributed by atoms with van der Waals surface area (Å²) in [6.45, 7) is 1.52. The van der Waals surface area contributed by atoms with Gasteiger partial charge < -0.3 is 10.1 Å². The number of aromatic nitrogens is 2. The van der Waals surface area contributed by atoms with E-state index in [1.54, 1.807) is 23.0 Å². The van der Waals surface area contributed by atoms with E-state index >= 15 is 0 Å². The van der Waals surface area contributed by atoms with Crippen LogP contribution >= 0.6 is 11.8 Å². The number of thioether (sulfide) groups is 1. The Morgan fingerprint density at radius 1 is 1.38 bits per heavy atom. The van der Waals surface area contributed by atoms with Crippen LogP contribution in [0, 0.1) is 5.82 Å². The van der Waals surface area contributed by atoms with Crippen molar-refractivity contribution in [2.75, 3.05) is 17.7 Å². The molecule has 1 saturated heterocycles. The first-order chi connectivity index (χ1) is 11.7. The van der Waals surface area contributed by atoms with E-state index in [2.05, 4.69) is 10.4 Å². The first-order valence-electron chi connectivity index (χ1n) is 8.01. The van der Waals surface area contributed by atoms with Gasteiger partial charge in [0, 0.05) is 17.7 Å². The molecule has 1 amide bonds. The molecular weight excluding hydrogens is 329 g/mol. The van der Waals surface area contributed by atoms with Crippen LogP contribution in [-0.4, -0.2) is 34.2 Å². The number of benzene rings is 1. The lowest BCUT2D eigenvalue weighted by Crippen LogP contribution is -2.24. The van der Waals surface area contributed by atoms with Crippen molar-refractivity contribution in [3.05, 3.63) is 42.5 Å². The molecule has 0 unspecified atom stereocenters. The molecule has 1 aliphatic heterocycles. The number of carbonyl (C=O) groups excluding carboxylic acids is 1. The SMILES string of the molecule is O=C(CSc1ccc(F)cc1)Nc1cnn(C[C@H]2CCCCO2)c1. The summed E-state index contributed by atoms with van der Waals surface area (Å²) in [4.78, 5) is 12.8. The number of ether oxygens (including phenoxy) is 1. The molecule has 0 aliphatic carbocycles. The summed E-state index contributed by atoms with van der Waals surface area (Å²) < 4.78 is 20.3. The van der Waals surface area contributed by atoms with Gasteiger partial charge in [0.1, 0.15) is 5.82 Å². The minimum Gasteiger partial charge on any atom is -0.376 e. The number of nitrogens with one attached hydrogen (secondary N) is 1. The molecule has 0 radical (unpaired) electrons. The molecule has 1 aliphatic rings. The molecule has 0 spiro atoms. The molecule has 5 nitrogen and oxygen atoms in total. The highest BCUT2D eigenvalue weighted by atomic mass is 32.2. The molecule has 0 saturated carbocycles. The Morgan fingerprint density at radius 2 is 2.21 bits per heavy atom. The van der Waals surface area contributed by atoms with Gasteiger partial charge in [-0.05, 0) is 43.5 Å². The van der Waals surface area contributed by atoms with Gasteiger partial charge in [-0.25, -0.2) is 4.39 Å². The average molecular weight is 349 g/mol. The second kappa shape index (κ2) is 8.30. The van der Waals surface area contributed by atoms with Crippen LogP contribution in [0.15, 0.2) is 41.6 Å². The van der Waals surface area contributed by atoms with Gasteiger partial charge in [-0.1, -0.05) is 0 Å². The van der Waals surface area contributed by atoms with Crippen molar-refractivity contribution >= 4 is 23.4 Å². The Balaban J connectivity index is 1.45. The summed E-state index contributed by atoms with van der Waals surface area (Å²) >= 11 is 1.37. The zero-order valence-corrected chi connectivity index (χ0v) is 14.1. The normalized spacial score (nSPS) is 17.6. The molecule has 1 atom stereocenters. The van der Waals surface area contributed by atoms with E-state index in [0.717, 1.165) is 24.3 Å². The molecule has 1 aromatic heterocycles. The highest BCUT2D eigenvalue weighted by Crippen LogP contribution is 2.19. The van der Waals surface area contributed by atoms with Crippen LogP contribution < -0.4 is 5.32 Å². The number of nitrogens with zero attached hydrogens (tertiary/aromatic N) is 2. The predicted octanol–water partition coefficient (Wildman–Crippen LogP) is 3.32. The third kappa shape index (κ3) is 5.07.